The molecule has 0 spiro atoms. The molecule has 5 nitrogen and oxygen atoms in total. The molecule has 1 amide bonds. The van der Waals surface area contributed by atoms with E-state index in [0.717, 1.165) is 50.2 Å². The van der Waals surface area contributed by atoms with Gasteiger partial charge in [-0.2, -0.15) is 0 Å². The molecule has 1 unspecified atom stereocenters. The summed E-state index contributed by atoms with van der Waals surface area (Å²) in [5, 5.41) is 4.55. The largest absolute Gasteiger partial charge is 0.467 e. The van der Waals surface area contributed by atoms with E-state index in [4.69, 9.17) is 4.42 Å². The van der Waals surface area contributed by atoms with Crippen molar-refractivity contribution in [2.24, 2.45) is 5.92 Å². The van der Waals surface area contributed by atoms with E-state index in [1.54, 1.807) is 6.26 Å². The first kappa shape index (κ1) is 20.6. The van der Waals surface area contributed by atoms with Crippen LogP contribution in [0.5, 0.6) is 0 Å². The number of hydrogen-bond acceptors (Lipinski definition) is 3. The lowest BCUT2D eigenvalue weighted by molar-refractivity contribution is -0.127. The van der Waals surface area contributed by atoms with Crippen LogP contribution in [0.3, 0.4) is 0 Å². The number of rotatable bonds is 7. The van der Waals surface area contributed by atoms with Gasteiger partial charge in [0.15, 0.2) is 0 Å². The van der Waals surface area contributed by atoms with Gasteiger partial charge in [-0.15, -0.1) is 0 Å². The predicted molar refractivity (Wildman–Crippen MR) is 126 cm³/mol. The number of likely N-dealkylation sites (tertiary alicyclic amines) is 1. The molecule has 4 aromatic rings. The summed E-state index contributed by atoms with van der Waals surface area (Å²) in [5.41, 5.74) is 3.60. The summed E-state index contributed by atoms with van der Waals surface area (Å²) >= 11 is 0. The lowest BCUT2D eigenvalue weighted by Crippen LogP contribution is -2.42. The number of aromatic nitrogens is 1. The Bertz CT molecular complexity index is 1140. The van der Waals surface area contributed by atoms with Gasteiger partial charge >= 0.3 is 0 Å². The third-order valence-corrected chi connectivity index (χ3v) is 6.58. The fourth-order valence-electron chi connectivity index (χ4n) is 4.72. The molecule has 5 heteroatoms. The van der Waals surface area contributed by atoms with E-state index < -0.39 is 0 Å². The second-order valence-corrected chi connectivity index (χ2v) is 8.59. The van der Waals surface area contributed by atoms with Gasteiger partial charge in [-0.1, -0.05) is 48.5 Å². The van der Waals surface area contributed by atoms with E-state index >= 15 is 0 Å². The SMILES string of the molecule is O=C(NC(c1ccccc1)c1ccco1)C1CCN(CCc2c[nH]c3ccccc23)CC1. The van der Waals surface area contributed by atoms with Crippen molar-refractivity contribution in [3.63, 3.8) is 0 Å². The van der Waals surface area contributed by atoms with Gasteiger partial charge in [-0.25, -0.2) is 0 Å². The number of piperidine rings is 1. The molecule has 2 N–H and O–H groups in total. The highest BCUT2D eigenvalue weighted by atomic mass is 16.3. The summed E-state index contributed by atoms with van der Waals surface area (Å²) in [6, 6.07) is 22.0. The van der Waals surface area contributed by atoms with Crippen LogP contribution in [0, 0.1) is 5.92 Å². The van der Waals surface area contributed by atoms with Gasteiger partial charge in [0.2, 0.25) is 5.91 Å². The molecule has 0 radical (unpaired) electrons. The monoisotopic (exact) mass is 427 g/mol. The van der Waals surface area contributed by atoms with Crippen molar-refractivity contribution in [2.45, 2.75) is 25.3 Å². The topological polar surface area (TPSA) is 61.3 Å². The number of amides is 1. The van der Waals surface area contributed by atoms with Crippen LogP contribution >= 0.6 is 0 Å². The van der Waals surface area contributed by atoms with Gasteiger partial charge in [0.1, 0.15) is 11.8 Å². The minimum atomic E-state index is -0.251. The van der Waals surface area contributed by atoms with Gasteiger partial charge in [-0.3, -0.25) is 4.79 Å². The van der Waals surface area contributed by atoms with Gasteiger partial charge in [-0.05, 0) is 61.7 Å². The first-order valence-corrected chi connectivity index (χ1v) is 11.4. The third-order valence-electron chi connectivity index (χ3n) is 6.58. The number of nitrogens with zero attached hydrogens (tertiary/aromatic N) is 1. The van der Waals surface area contributed by atoms with Crippen molar-refractivity contribution in [1.82, 2.24) is 15.2 Å². The lowest BCUT2D eigenvalue weighted by Gasteiger charge is -2.32. The summed E-state index contributed by atoms with van der Waals surface area (Å²) < 4.78 is 5.63. The number of carbonyl (C=O) groups excluding carboxylic acids is 1. The zero-order valence-corrected chi connectivity index (χ0v) is 18.2. The van der Waals surface area contributed by atoms with Crippen molar-refractivity contribution < 1.29 is 9.21 Å². The van der Waals surface area contributed by atoms with Crippen LogP contribution < -0.4 is 5.32 Å². The maximum absolute atomic E-state index is 13.1. The van der Waals surface area contributed by atoms with Crippen LogP contribution in [-0.4, -0.2) is 35.4 Å². The standard InChI is InChI=1S/C27H29N3O2/c31-27(29-26(25-11-6-18-32-25)20-7-2-1-3-8-20)21-12-15-30(16-13-21)17-14-22-19-28-24-10-5-4-9-23(22)24/h1-11,18-19,21,26,28H,12-17H2,(H,29,31). The number of hydrogen-bond donors (Lipinski definition) is 2. The smallest absolute Gasteiger partial charge is 0.224 e. The molecule has 1 aliphatic rings. The van der Waals surface area contributed by atoms with Crippen LogP contribution in [0.2, 0.25) is 0 Å². The molecule has 1 atom stereocenters. The zero-order valence-electron chi connectivity index (χ0n) is 18.2. The summed E-state index contributed by atoms with van der Waals surface area (Å²) in [4.78, 5) is 18.9. The van der Waals surface area contributed by atoms with Crippen molar-refractivity contribution >= 4 is 16.8 Å². The average Bonchev–Trinajstić information content (AvgIpc) is 3.52. The molecule has 164 valence electrons. The molecule has 1 aliphatic heterocycles. The normalized spacial score (nSPS) is 16.2. The lowest BCUT2D eigenvalue weighted by atomic mass is 9.94. The number of H-pyrrole nitrogens is 1. The van der Waals surface area contributed by atoms with E-state index in [2.05, 4.69) is 45.7 Å². The Morgan fingerprint density at radius 2 is 1.81 bits per heavy atom. The Morgan fingerprint density at radius 3 is 2.59 bits per heavy atom. The maximum atomic E-state index is 13.1. The number of nitrogens with one attached hydrogen (secondary N) is 2. The van der Waals surface area contributed by atoms with Crippen molar-refractivity contribution in [3.8, 4) is 0 Å². The van der Waals surface area contributed by atoms with E-state index in [1.807, 2.05) is 42.5 Å². The van der Waals surface area contributed by atoms with E-state index in [-0.39, 0.29) is 17.9 Å². The number of fused-ring (bicyclic) bond motifs is 1. The number of aromatic amines is 1. The van der Waals surface area contributed by atoms with Crippen LogP contribution in [0.25, 0.3) is 10.9 Å². The van der Waals surface area contributed by atoms with Crippen LogP contribution in [0.4, 0.5) is 0 Å². The second kappa shape index (κ2) is 9.45. The molecule has 3 heterocycles. The Morgan fingerprint density at radius 1 is 1.03 bits per heavy atom. The Hall–Kier alpha value is -3.31. The molecule has 1 fully saturated rings. The predicted octanol–water partition coefficient (Wildman–Crippen LogP) is 4.92. The molecule has 5 rings (SSSR count). The molecule has 1 saturated heterocycles. The highest BCUT2D eigenvalue weighted by molar-refractivity contribution is 5.83. The maximum Gasteiger partial charge on any atom is 0.224 e. The van der Waals surface area contributed by atoms with E-state index in [0.29, 0.717) is 0 Å². The minimum Gasteiger partial charge on any atom is -0.467 e. The minimum absolute atomic E-state index is 0.0421. The molecule has 0 bridgehead atoms. The highest BCUT2D eigenvalue weighted by Crippen LogP contribution is 2.25. The van der Waals surface area contributed by atoms with Crippen molar-refractivity contribution in [1.29, 1.82) is 0 Å². The molecule has 32 heavy (non-hydrogen) atoms. The molecular formula is C27H29N3O2. The molecule has 2 aromatic heterocycles. The Kier molecular flexibility index (Phi) is 6.08. The Labute approximate surface area is 188 Å². The molecule has 0 aliphatic carbocycles. The summed E-state index contributed by atoms with van der Waals surface area (Å²) in [6.07, 6.45) is 6.58. The van der Waals surface area contributed by atoms with E-state index in [9.17, 15) is 4.79 Å². The number of carbonyl (C=O) groups is 1. The summed E-state index contributed by atoms with van der Waals surface area (Å²) in [6.45, 7) is 2.93. The molecule has 0 saturated carbocycles. The molecule has 2 aromatic carbocycles. The van der Waals surface area contributed by atoms with Gasteiger partial charge in [0, 0.05) is 29.6 Å². The summed E-state index contributed by atoms with van der Waals surface area (Å²) in [7, 11) is 0. The third kappa shape index (κ3) is 4.48. The van der Waals surface area contributed by atoms with E-state index in [1.165, 1.54) is 16.5 Å². The van der Waals surface area contributed by atoms with Crippen LogP contribution in [-0.2, 0) is 11.2 Å². The quantitative estimate of drug-likeness (QED) is 0.440. The number of furan rings is 1. The first-order chi connectivity index (χ1) is 15.8. The van der Waals surface area contributed by atoms with Crippen LogP contribution in [0.15, 0.2) is 83.6 Å². The van der Waals surface area contributed by atoms with Gasteiger partial charge < -0.3 is 19.6 Å². The fraction of sp³-hybridized carbons (Fsp3) is 0.296. The van der Waals surface area contributed by atoms with Crippen molar-refractivity contribution in [3.05, 3.63) is 96.1 Å². The average molecular weight is 428 g/mol. The fourth-order valence-corrected chi connectivity index (χ4v) is 4.72. The van der Waals surface area contributed by atoms with Gasteiger partial charge in [0.25, 0.3) is 0 Å². The molecular weight excluding hydrogens is 398 g/mol. The summed E-state index contributed by atoms with van der Waals surface area (Å²) in [5.74, 6) is 0.924. The van der Waals surface area contributed by atoms with Gasteiger partial charge in [0.05, 0.1) is 6.26 Å². The zero-order chi connectivity index (χ0) is 21.8. The number of para-hydroxylation sites is 1. The Balaban J connectivity index is 1.16. The van der Waals surface area contributed by atoms with Crippen molar-refractivity contribution in [2.75, 3.05) is 19.6 Å². The van der Waals surface area contributed by atoms with Crippen LogP contribution in [0.1, 0.15) is 35.8 Å². The highest BCUT2D eigenvalue weighted by Gasteiger charge is 2.28. The second-order valence-electron chi connectivity index (χ2n) is 8.59. The number of benzene rings is 2. The first-order valence-electron chi connectivity index (χ1n) is 11.4.